The first-order valence-corrected chi connectivity index (χ1v) is 5.88. The maximum atomic E-state index is 12.1. The van der Waals surface area contributed by atoms with Gasteiger partial charge in [0, 0.05) is 19.3 Å². The number of carbonyl (C=O) groups excluding carboxylic acids is 2. The molecule has 1 aliphatic rings. The first kappa shape index (κ1) is 13.1. The van der Waals surface area contributed by atoms with Crippen LogP contribution in [0.3, 0.4) is 0 Å². The molecular weight excluding hydrogens is 250 g/mol. The first-order valence-electron chi connectivity index (χ1n) is 5.88. The summed E-state index contributed by atoms with van der Waals surface area (Å²) in [5.41, 5.74) is 0.332. The van der Waals surface area contributed by atoms with E-state index in [1.165, 1.54) is 25.6 Å². The molecular formula is C12H15N3O4. The number of alkyl carbamates (subject to hydrolysis) is 1. The Morgan fingerprint density at radius 3 is 3.00 bits per heavy atom. The van der Waals surface area contributed by atoms with E-state index in [9.17, 15) is 14.7 Å². The third-order valence-electron chi connectivity index (χ3n) is 2.95. The molecule has 1 atom stereocenters. The lowest BCUT2D eigenvalue weighted by atomic mass is 10.2. The minimum atomic E-state index is -0.502. The summed E-state index contributed by atoms with van der Waals surface area (Å²) in [5.74, 6) is -0.258. The Kier molecular flexibility index (Phi) is 3.84. The highest BCUT2D eigenvalue weighted by molar-refractivity contribution is 5.94. The Balaban J connectivity index is 1.97. The fraction of sp³-hybridized carbons (Fsp3) is 0.417. The zero-order chi connectivity index (χ0) is 13.8. The number of nitrogens with one attached hydrogen (secondary N) is 1. The van der Waals surface area contributed by atoms with Gasteiger partial charge in [0.05, 0.1) is 24.9 Å². The lowest BCUT2D eigenvalue weighted by Crippen LogP contribution is -2.38. The molecule has 1 aliphatic heterocycles. The zero-order valence-corrected chi connectivity index (χ0v) is 10.5. The monoisotopic (exact) mass is 265 g/mol. The van der Waals surface area contributed by atoms with Gasteiger partial charge in [-0.1, -0.05) is 0 Å². The molecule has 0 saturated carbocycles. The van der Waals surface area contributed by atoms with E-state index in [2.05, 4.69) is 15.0 Å². The highest BCUT2D eigenvalue weighted by Gasteiger charge is 2.28. The van der Waals surface area contributed by atoms with E-state index < -0.39 is 6.09 Å². The van der Waals surface area contributed by atoms with Crippen molar-refractivity contribution in [2.45, 2.75) is 12.5 Å². The van der Waals surface area contributed by atoms with Gasteiger partial charge >= 0.3 is 6.09 Å². The Morgan fingerprint density at radius 1 is 1.53 bits per heavy atom. The molecule has 1 fully saturated rings. The van der Waals surface area contributed by atoms with Crippen molar-refractivity contribution in [1.29, 1.82) is 0 Å². The molecule has 1 aromatic heterocycles. The van der Waals surface area contributed by atoms with Crippen molar-refractivity contribution in [3.8, 4) is 5.75 Å². The van der Waals surface area contributed by atoms with Crippen LogP contribution in [-0.2, 0) is 4.74 Å². The number of carbonyl (C=O) groups is 2. The van der Waals surface area contributed by atoms with Crippen LogP contribution in [0, 0.1) is 0 Å². The number of rotatable bonds is 2. The maximum absolute atomic E-state index is 12.1. The van der Waals surface area contributed by atoms with Crippen molar-refractivity contribution >= 4 is 12.0 Å². The van der Waals surface area contributed by atoms with Gasteiger partial charge in [-0.05, 0) is 12.5 Å². The van der Waals surface area contributed by atoms with E-state index in [1.807, 2.05) is 0 Å². The molecule has 2 N–H and O–H groups in total. The number of amides is 2. The van der Waals surface area contributed by atoms with Gasteiger partial charge in [0.25, 0.3) is 5.91 Å². The Hall–Kier alpha value is -2.31. The molecule has 0 spiro atoms. The van der Waals surface area contributed by atoms with Crippen molar-refractivity contribution in [1.82, 2.24) is 15.2 Å². The first-order chi connectivity index (χ1) is 9.10. The van der Waals surface area contributed by atoms with Gasteiger partial charge in [-0.25, -0.2) is 4.79 Å². The van der Waals surface area contributed by atoms with E-state index in [-0.39, 0.29) is 17.7 Å². The lowest BCUT2D eigenvalue weighted by Gasteiger charge is -2.16. The van der Waals surface area contributed by atoms with E-state index in [4.69, 9.17) is 0 Å². The van der Waals surface area contributed by atoms with Crippen LogP contribution in [0.5, 0.6) is 5.75 Å². The smallest absolute Gasteiger partial charge is 0.407 e. The van der Waals surface area contributed by atoms with E-state index in [0.29, 0.717) is 25.1 Å². The summed E-state index contributed by atoms with van der Waals surface area (Å²) < 4.78 is 4.51. The Bertz CT molecular complexity index is 492. The van der Waals surface area contributed by atoms with Crippen LogP contribution in [-0.4, -0.2) is 53.2 Å². The fourth-order valence-corrected chi connectivity index (χ4v) is 2.02. The Labute approximate surface area is 110 Å². The molecule has 0 aromatic carbocycles. The minimum Gasteiger partial charge on any atom is -0.506 e. The second-order valence-electron chi connectivity index (χ2n) is 4.30. The molecule has 7 heteroatoms. The van der Waals surface area contributed by atoms with Gasteiger partial charge in [-0.15, -0.1) is 0 Å². The van der Waals surface area contributed by atoms with Crippen molar-refractivity contribution in [3.05, 3.63) is 24.0 Å². The number of nitrogens with zero attached hydrogens (tertiary/aromatic N) is 2. The number of hydrogen-bond acceptors (Lipinski definition) is 5. The van der Waals surface area contributed by atoms with E-state index in [1.54, 1.807) is 4.90 Å². The summed E-state index contributed by atoms with van der Waals surface area (Å²) in [6.07, 6.45) is 2.84. The third kappa shape index (κ3) is 3.12. The highest BCUT2D eigenvalue weighted by Crippen LogP contribution is 2.16. The van der Waals surface area contributed by atoms with Crippen LogP contribution in [0.1, 0.15) is 16.8 Å². The van der Waals surface area contributed by atoms with Gasteiger partial charge in [-0.2, -0.15) is 0 Å². The third-order valence-corrected chi connectivity index (χ3v) is 2.95. The van der Waals surface area contributed by atoms with Gasteiger partial charge in [0.15, 0.2) is 0 Å². The summed E-state index contributed by atoms with van der Waals surface area (Å²) in [5, 5.41) is 12.0. The molecule has 2 amide bonds. The van der Waals surface area contributed by atoms with Crippen LogP contribution < -0.4 is 5.32 Å². The SMILES string of the molecule is COC(=O)NC1CCN(C(=O)c2cncc(O)c2)C1. The van der Waals surface area contributed by atoms with E-state index >= 15 is 0 Å². The molecule has 0 aliphatic carbocycles. The number of aromatic nitrogens is 1. The Morgan fingerprint density at radius 2 is 2.32 bits per heavy atom. The van der Waals surface area contributed by atoms with Crippen LogP contribution in [0.15, 0.2) is 18.5 Å². The topological polar surface area (TPSA) is 91.8 Å². The van der Waals surface area contributed by atoms with Crippen LogP contribution in [0.4, 0.5) is 4.79 Å². The van der Waals surface area contributed by atoms with Crippen LogP contribution in [0.25, 0.3) is 0 Å². The largest absolute Gasteiger partial charge is 0.506 e. The van der Waals surface area contributed by atoms with Gasteiger partial charge < -0.3 is 20.1 Å². The summed E-state index contributed by atoms with van der Waals surface area (Å²) in [4.78, 5) is 28.6. The van der Waals surface area contributed by atoms with Gasteiger partial charge in [0.2, 0.25) is 0 Å². The molecule has 102 valence electrons. The molecule has 19 heavy (non-hydrogen) atoms. The van der Waals surface area contributed by atoms with Gasteiger partial charge in [0.1, 0.15) is 5.75 Å². The average molecular weight is 265 g/mol. The molecule has 1 unspecified atom stereocenters. The summed E-state index contributed by atoms with van der Waals surface area (Å²) in [7, 11) is 1.30. The minimum absolute atomic E-state index is 0.0470. The number of aromatic hydroxyl groups is 1. The molecule has 7 nitrogen and oxygen atoms in total. The van der Waals surface area contributed by atoms with Gasteiger partial charge in [-0.3, -0.25) is 9.78 Å². The normalized spacial score (nSPS) is 18.2. The number of likely N-dealkylation sites (tertiary alicyclic amines) is 1. The molecule has 1 aromatic rings. The van der Waals surface area contributed by atoms with Crippen molar-refractivity contribution < 1.29 is 19.4 Å². The molecule has 0 radical (unpaired) electrons. The predicted octanol–water partition coefficient (Wildman–Crippen LogP) is 0.358. The van der Waals surface area contributed by atoms with Crippen LogP contribution >= 0.6 is 0 Å². The number of ether oxygens (including phenoxy) is 1. The summed E-state index contributed by atoms with van der Waals surface area (Å²) in [6.45, 7) is 0.965. The summed E-state index contributed by atoms with van der Waals surface area (Å²) in [6, 6.07) is 1.26. The number of pyridine rings is 1. The van der Waals surface area contributed by atoms with Crippen molar-refractivity contribution in [2.75, 3.05) is 20.2 Å². The molecule has 1 saturated heterocycles. The zero-order valence-electron chi connectivity index (χ0n) is 10.5. The van der Waals surface area contributed by atoms with Crippen molar-refractivity contribution in [3.63, 3.8) is 0 Å². The highest BCUT2D eigenvalue weighted by atomic mass is 16.5. The molecule has 0 bridgehead atoms. The maximum Gasteiger partial charge on any atom is 0.407 e. The second kappa shape index (κ2) is 5.55. The number of methoxy groups -OCH3 is 1. The van der Waals surface area contributed by atoms with E-state index in [0.717, 1.165) is 0 Å². The average Bonchev–Trinajstić information content (AvgIpc) is 2.86. The lowest BCUT2D eigenvalue weighted by molar-refractivity contribution is 0.0787. The van der Waals surface area contributed by atoms with Crippen LogP contribution in [0.2, 0.25) is 0 Å². The summed E-state index contributed by atoms with van der Waals surface area (Å²) >= 11 is 0. The fourth-order valence-electron chi connectivity index (χ4n) is 2.02. The second-order valence-corrected chi connectivity index (χ2v) is 4.30. The molecule has 2 rings (SSSR count). The quantitative estimate of drug-likeness (QED) is 0.805. The van der Waals surface area contributed by atoms with Crippen molar-refractivity contribution in [2.24, 2.45) is 0 Å². The predicted molar refractivity (Wildman–Crippen MR) is 65.8 cm³/mol. The number of hydrogen-bond donors (Lipinski definition) is 2. The standard InChI is InChI=1S/C12H15N3O4/c1-19-12(18)14-9-2-3-15(7-9)11(17)8-4-10(16)6-13-5-8/h4-6,9,16H,2-3,7H2,1H3,(H,14,18). The molecule has 2 heterocycles.